The monoisotopic (exact) mass is 456 g/mol. The van der Waals surface area contributed by atoms with Gasteiger partial charge in [-0.15, -0.1) is 0 Å². The lowest BCUT2D eigenvalue weighted by Crippen LogP contribution is -2.39. The molecule has 0 spiro atoms. The van der Waals surface area contributed by atoms with Crippen LogP contribution >= 0.6 is 11.6 Å². The Morgan fingerprint density at radius 2 is 1.61 bits per heavy atom. The highest BCUT2D eigenvalue weighted by molar-refractivity contribution is 7.89. The maximum absolute atomic E-state index is 13.3. The summed E-state index contributed by atoms with van der Waals surface area (Å²) in [4.78, 5) is 12.8. The van der Waals surface area contributed by atoms with E-state index in [0.29, 0.717) is 17.1 Å². The number of hydrogen-bond acceptors (Lipinski definition) is 3. The van der Waals surface area contributed by atoms with Gasteiger partial charge in [0.1, 0.15) is 0 Å². The molecule has 0 unspecified atom stereocenters. The molecule has 0 radical (unpaired) electrons. The molecule has 0 fully saturated rings. The first-order chi connectivity index (χ1) is 14.8. The number of nitrogens with zero attached hydrogens (tertiary/aromatic N) is 1. The van der Waals surface area contributed by atoms with E-state index in [9.17, 15) is 13.2 Å². The zero-order valence-electron chi connectivity index (χ0n) is 17.5. The Bertz CT molecular complexity index is 1150. The number of rotatable bonds is 8. The van der Waals surface area contributed by atoms with Crippen molar-refractivity contribution in [3.05, 3.63) is 94.5 Å². The van der Waals surface area contributed by atoms with Crippen molar-refractivity contribution in [1.82, 2.24) is 4.31 Å². The summed E-state index contributed by atoms with van der Waals surface area (Å²) >= 11 is 5.91. The largest absolute Gasteiger partial charge is 0.325 e. The normalized spacial score (nSPS) is 11.5. The SMILES string of the molecule is Cc1ccc(NC(=O)CN(CCc2ccccc2)S(=O)(=O)c2ccc(Cl)cc2)cc1C. The van der Waals surface area contributed by atoms with Crippen molar-refractivity contribution in [2.75, 3.05) is 18.4 Å². The second kappa shape index (κ2) is 10.1. The van der Waals surface area contributed by atoms with Gasteiger partial charge < -0.3 is 5.32 Å². The molecule has 1 amide bonds. The van der Waals surface area contributed by atoms with E-state index in [-0.39, 0.29) is 18.0 Å². The van der Waals surface area contributed by atoms with Gasteiger partial charge in [-0.3, -0.25) is 4.79 Å². The van der Waals surface area contributed by atoms with Crippen LogP contribution in [-0.4, -0.2) is 31.7 Å². The zero-order valence-corrected chi connectivity index (χ0v) is 19.1. The molecule has 0 aliphatic rings. The lowest BCUT2D eigenvalue weighted by atomic mass is 10.1. The highest BCUT2D eigenvalue weighted by atomic mass is 35.5. The number of aryl methyl sites for hydroxylation is 2. The van der Waals surface area contributed by atoms with Crippen LogP contribution in [0.15, 0.2) is 77.7 Å². The van der Waals surface area contributed by atoms with E-state index in [1.807, 2.05) is 62.4 Å². The first-order valence-corrected chi connectivity index (χ1v) is 11.7. The van der Waals surface area contributed by atoms with Gasteiger partial charge in [0.2, 0.25) is 15.9 Å². The fraction of sp³-hybridized carbons (Fsp3) is 0.208. The van der Waals surface area contributed by atoms with Crippen molar-refractivity contribution in [3.8, 4) is 0 Å². The molecular weight excluding hydrogens is 432 g/mol. The number of sulfonamides is 1. The Labute approximate surface area is 188 Å². The van der Waals surface area contributed by atoms with Gasteiger partial charge in [0.05, 0.1) is 11.4 Å². The van der Waals surface area contributed by atoms with E-state index >= 15 is 0 Å². The van der Waals surface area contributed by atoms with Gasteiger partial charge in [0, 0.05) is 17.3 Å². The van der Waals surface area contributed by atoms with Crippen molar-refractivity contribution in [2.24, 2.45) is 0 Å². The number of nitrogens with one attached hydrogen (secondary N) is 1. The maximum atomic E-state index is 13.3. The van der Waals surface area contributed by atoms with Crippen LogP contribution in [0.3, 0.4) is 0 Å². The highest BCUT2D eigenvalue weighted by Gasteiger charge is 2.26. The molecular formula is C24H25ClN2O3S. The lowest BCUT2D eigenvalue weighted by Gasteiger charge is -2.22. The fourth-order valence-corrected chi connectivity index (χ4v) is 4.64. The molecule has 0 aromatic heterocycles. The number of benzene rings is 3. The van der Waals surface area contributed by atoms with Crippen LogP contribution in [0.2, 0.25) is 5.02 Å². The summed E-state index contributed by atoms with van der Waals surface area (Å²) in [6.07, 6.45) is 0.491. The van der Waals surface area contributed by atoms with E-state index in [2.05, 4.69) is 5.32 Å². The number of hydrogen-bond donors (Lipinski definition) is 1. The van der Waals surface area contributed by atoms with E-state index < -0.39 is 15.9 Å². The molecule has 0 aliphatic heterocycles. The average Bonchev–Trinajstić information content (AvgIpc) is 2.74. The summed E-state index contributed by atoms with van der Waals surface area (Å²) in [5.74, 6) is -0.395. The molecule has 3 aromatic carbocycles. The molecule has 162 valence electrons. The third-order valence-corrected chi connectivity index (χ3v) is 7.17. The van der Waals surface area contributed by atoms with Crippen LogP contribution in [0.1, 0.15) is 16.7 Å². The molecule has 0 bridgehead atoms. The van der Waals surface area contributed by atoms with Gasteiger partial charge >= 0.3 is 0 Å². The van der Waals surface area contributed by atoms with E-state index in [0.717, 1.165) is 16.7 Å². The van der Waals surface area contributed by atoms with Crippen molar-refractivity contribution in [3.63, 3.8) is 0 Å². The Morgan fingerprint density at radius 1 is 0.935 bits per heavy atom. The van der Waals surface area contributed by atoms with Gasteiger partial charge in [-0.25, -0.2) is 8.42 Å². The molecule has 0 aliphatic carbocycles. The van der Waals surface area contributed by atoms with Crippen LogP contribution in [0.5, 0.6) is 0 Å². The molecule has 31 heavy (non-hydrogen) atoms. The Balaban J connectivity index is 1.81. The molecule has 0 saturated carbocycles. The van der Waals surface area contributed by atoms with Gasteiger partial charge in [-0.1, -0.05) is 48.0 Å². The third-order valence-electron chi connectivity index (χ3n) is 5.05. The maximum Gasteiger partial charge on any atom is 0.243 e. The number of amides is 1. The van der Waals surface area contributed by atoms with Crippen molar-refractivity contribution in [1.29, 1.82) is 0 Å². The predicted octanol–water partition coefficient (Wildman–Crippen LogP) is 4.83. The molecule has 3 rings (SSSR count). The molecule has 3 aromatic rings. The highest BCUT2D eigenvalue weighted by Crippen LogP contribution is 2.20. The summed E-state index contributed by atoms with van der Waals surface area (Å²) < 4.78 is 27.7. The van der Waals surface area contributed by atoms with Crippen molar-refractivity contribution < 1.29 is 13.2 Å². The lowest BCUT2D eigenvalue weighted by molar-refractivity contribution is -0.116. The van der Waals surface area contributed by atoms with Crippen LogP contribution in [0, 0.1) is 13.8 Å². The van der Waals surface area contributed by atoms with E-state index in [4.69, 9.17) is 11.6 Å². The number of halogens is 1. The molecule has 0 atom stereocenters. The first-order valence-electron chi connectivity index (χ1n) is 9.92. The van der Waals surface area contributed by atoms with Crippen LogP contribution < -0.4 is 5.32 Å². The Kier molecular flexibility index (Phi) is 7.49. The summed E-state index contributed by atoms with van der Waals surface area (Å²) in [6.45, 7) is 3.84. The average molecular weight is 457 g/mol. The van der Waals surface area contributed by atoms with E-state index in [1.165, 1.54) is 28.6 Å². The fourth-order valence-electron chi connectivity index (χ4n) is 3.12. The van der Waals surface area contributed by atoms with Crippen molar-refractivity contribution >= 4 is 33.2 Å². The summed E-state index contributed by atoms with van der Waals surface area (Å²) in [5.41, 5.74) is 3.80. The molecule has 7 heteroatoms. The quantitative estimate of drug-likeness (QED) is 0.528. The van der Waals surface area contributed by atoms with Crippen LogP contribution in [0.25, 0.3) is 0 Å². The molecule has 1 N–H and O–H groups in total. The molecule has 0 saturated heterocycles. The minimum absolute atomic E-state index is 0.101. The smallest absolute Gasteiger partial charge is 0.243 e. The van der Waals surface area contributed by atoms with Crippen LogP contribution in [0.4, 0.5) is 5.69 Å². The second-order valence-corrected chi connectivity index (χ2v) is 9.75. The number of carbonyl (C=O) groups excluding carboxylic acids is 1. The second-order valence-electron chi connectivity index (χ2n) is 7.38. The van der Waals surface area contributed by atoms with Crippen molar-refractivity contribution in [2.45, 2.75) is 25.2 Å². The van der Waals surface area contributed by atoms with Gasteiger partial charge in [0.25, 0.3) is 0 Å². The summed E-state index contributed by atoms with van der Waals surface area (Å²) in [7, 11) is -3.88. The Hall–Kier alpha value is -2.67. The third kappa shape index (κ3) is 6.17. The zero-order chi connectivity index (χ0) is 22.4. The van der Waals surface area contributed by atoms with Crippen LogP contribution in [-0.2, 0) is 21.2 Å². The number of anilines is 1. The Morgan fingerprint density at radius 3 is 2.26 bits per heavy atom. The van der Waals surface area contributed by atoms with Gasteiger partial charge in [-0.05, 0) is 73.4 Å². The minimum Gasteiger partial charge on any atom is -0.325 e. The topological polar surface area (TPSA) is 66.5 Å². The molecule has 0 heterocycles. The standard InChI is InChI=1S/C24H25ClN2O3S/c1-18-8-11-22(16-19(18)2)26-24(28)17-27(15-14-20-6-4-3-5-7-20)31(29,30)23-12-9-21(25)10-13-23/h3-13,16H,14-15,17H2,1-2H3,(H,26,28). The predicted molar refractivity (Wildman–Crippen MR) is 125 cm³/mol. The minimum atomic E-state index is -3.88. The summed E-state index contributed by atoms with van der Waals surface area (Å²) in [5, 5.41) is 3.25. The van der Waals surface area contributed by atoms with E-state index in [1.54, 1.807) is 0 Å². The van der Waals surface area contributed by atoms with Gasteiger partial charge in [-0.2, -0.15) is 4.31 Å². The van der Waals surface area contributed by atoms with Gasteiger partial charge in [0.15, 0.2) is 0 Å². The molecule has 5 nitrogen and oxygen atoms in total. The number of carbonyl (C=O) groups is 1. The summed E-state index contributed by atoms with van der Waals surface area (Å²) in [6, 6.07) is 21.1. The first kappa shape index (κ1) is 23.0.